The fourth-order valence-corrected chi connectivity index (χ4v) is 2.01. The van der Waals surface area contributed by atoms with Crippen LogP contribution in [0.1, 0.15) is 13.8 Å². The van der Waals surface area contributed by atoms with Crippen molar-refractivity contribution in [3.05, 3.63) is 29.3 Å². The smallest absolute Gasteiger partial charge is 0.232 e. The molecule has 1 aromatic carbocycles. The number of benzene rings is 1. The van der Waals surface area contributed by atoms with Crippen molar-refractivity contribution in [1.29, 1.82) is 0 Å². The van der Waals surface area contributed by atoms with Crippen LogP contribution < -0.4 is 0 Å². The first kappa shape index (κ1) is 13.4. The number of halogens is 1. The molecule has 0 N–H and O–H groups in total. The highest BCUT2D eigenvalue weighted by Gasteiger charge is 2.11. The van der Waals surface area contributed by atoms with Crippen LogP contribution in [0.15, 0.2) is 29.2 Å². The molecule has 0 saturated carbocycles. The second-order valence-electron chi connectivity index (χ2n) is 3.84. The highest BCUT2D eigenvalue weighted by molar-refractivity contribution is 8.00. The van der Waals surface area contributed by atoms with Crippen molar-refractivity contribution in [2.75, 3.05) is 12.8 Å². The van der Waals surface area contributed by atoms with Crippen molar-refractivity contribution < 1.29 is 4.79 Å². The van der Waals surface area contributed by atoms with Crippen molar-refractivity contribution in [1.82, 2.24) is 4.90 Å². The molecule has 4 heteroatoms. The van der Waals surface area contributed by atoms with Gasteiger partial charge in [0, 0.05) is 23.0 Å². The third-order valence-electron chi connectivity index (χ3n) is 2.34. The summed E-state index contributed by atoms with van der Waals surface area (Å²) in [6, 6.07) is 7.77. The van der Waals surface area contributed by atoms with E-state index in [-0.39, 0.29) is 11.9 Å². The van der Waals surface area contributed by atoms with E-state index in [0.29, 0.717) is 5.75 Å². The molecule has 1 aromatic rings. The van der Waals surface area contributed by atoms with Gasteiger partial charge in [-0.2, -0.15) is 0 Å². The number of thioether (sulfide) groups is 1. The molecule has 88 valence electrons. The molecule has 0 aliphatic heterocycles. The van der Waals surface area contributed by atoms with E-state index in [1.807, 2.05) is 45.2 Å². The monoisotopic (exact) mass is 257 g/mol. The standard InChI is InChI=1S/C12H16ClNOS/c1-9(2)14(3)12(15)8-16-11-6-4-10(13)5-7-11/h4-7,9H,8H2,1-3H3. The maximum Gasteiger partial charge on any atom is 0.232 e. The third-order valence-corrected chi connectivity index (χ3v) is 3.59. The van der Waals surface area contributed by atoms with Crippen molar-refractivity contribution in [3.63, 3.8) is 0 Å². The van der Waals surface area contributed by atoms with E-state index in [4.69, 9.17) is 11.6 Å². The average Bonchev–Trinajstić information content (AvgIpc) is 2.26. The summed E-state index contributed by atoms with van der Waals surface area (Å²) in [7, 11) is 1.83. The molecule has 1 amide bonds. The molecule has 0 radical (unpaired) electrons. The number of rotatable bonds is 4. The van der Waals surface area contributed by atoms with Crippen LogP contribution in [0.4, 0.5) is 0 Å². The van der Waals surface area contributed by atoms with Crippen LogP contribution in [0.5, 0.6) is 0 Å². The second-order valence-corrected chi connectivity index (χ2v) is 5.33. The van der Waals surface area contributed by atoms with Crippen LogP contribution in [0.2, 0.25) is 5.02 Å². The first-order valence-electron chi connectivity index (χ1n) is 5.14. The van der Waals surface area contributed by atoms with E-state index >= 15 is 0 Å². The van der Waals surface area contributed by atoms with E-state index in [0.717, 1.165) is 9.92 Å². The van der Waals surface area contributed by atoms with Crippen LogP contribution >= 0.6 is 23.4 Å². The SMILES string of the molecule is CC(C)N(C)C(=O)CSc1ccc(Cl)cc1. The Kier molecular flexibility index (Phi) is 5.16. The second kappa shape index (κ2) is 6.16. The topological polar surface area (TPSA) is 20.3 Å². The van der Waals surface area contributed by atoms with Gasteiger partial charge in [-0.15, -0.1) is 11.8 Å². The molecule has 0 heterocycles. The molecule has 1 rings (SSSR count). The van der Waals surface area contributed by atoms with Crippen LogP contribution in [-0.2, 0) is 4.79 Å². The summed E-state index contributed by atoms with van der Waals surface area (Å²) in [5, 5.41) is 0.718. The minimum Gasteiger partial charge on any atom is -0.343 e. The Balaban J connectivity index is 2.46. The molecular weight excluding hydrogens is 242 g/mol. The predicted molar refractivity (Wildman–Crippen MR) is 70.1 cm³/mol. The van der Waals surface area contributed by atoms with Gasteiger partial charge in [-0.05, 0) is 38.1 Å². The summed E-state index contributed by atoms with van der Waals surface area (Å²) in [6.07, 6.45) is 0. The molecule has 0 aliphatic carbocycles. The van der Waals surface area contributed by atoms with E-state index in [2.05, 4.69) is 0 Å². The Labute approximate surface area is 106 Å². The summed E-state index contributed by atoms with van der Waals surface area (Å²) >= 11 is 7.32. The molecule has 0 fully saturated rings. The molecule has 0 bridgehead atoms. The van der Waals surface area contributed by atoms with Crippen molar-refractivity contribution in [3.8, 4) is 0 Å². The van der Waals surface area contributed by atoms with Gasteiger partial charge in [0.2, 0.25) is 5.91 Å². The van der Waals surface area contributed by atoms with E-state index < -0.39 is 0 Å². The number of hydrogen-bond donors (Lipinski definition) is 0. The highest BCUT2D eigenvalue weighted by Crippen LogP contribution is 2.20. The summed E-state index contributed by atoms with van der Waals surface area (Å²) in [6.45, 7) is 4.01. The zero-order valence-corrected chi connectivity index (χ0v) is 11.3. The molecule has 0 aromatic heterocycles. The number of amides is 1. The maximum absolute atomic E-state index is 11.7. The summed E-state index contributed by atoms with van der Waals surface area (Å²) < 4.78 is 0. The summed E-state index contributed by atoms with van der Waals surface area (Å²) in [5.74, 6) is 0.617. The molecule has 16 heavy (non-hydrogen) atoms. The van der Waals surface area contributed by atoms with Crippen molar-refractivity contribution >= 4 is 29.3 Å². The molecule has 0 unspecified atom stereocenters. The first-order valence-corrected chi connectivity index (χ1v) is 6.51. The van der Waals surface area contributed by atoms with Gasteiger partial charge in [0.05, 0.1) is 5.75 Å². The highest BCUT2D eigenvalue weighted by atomic mass is 35.5. The quantitative estimate of drug-likeness (QED) is 0.772. The molecule has 2 nitrogen and oxygen atoms in total. The average molecular weight is 258 g/mol. The fourth-order valence-electron chi connectivity index (χ4n) is 1.07. The van der Waals surface area contributed by atoms with E-state index in [9.17, 15) is 4.79 Å². The van der Waals surface area contributed by atoms with Gasteiger partial charge in [-0.25, -0.2) is 0 Å². The lowest BCUT2D eigenvalue weighted by atomic mass is 10.3. The summed E-state index contributed by atoms with van der Waals surface area (Å²) in [4.78, 5) is 14.5. The maximum atomic E-state index is 11.7. The van der Waals surface area contributed by atoms with Crippen LogP contribution in [0.3, 0.4) is 0 Å². The van der Waals surface area contributed by atoms with Crippen molar-refractivity contribution in [2.45, 2.75) is 24.8 Å². The zero-order valence-electron chi connectivity index (χ0n) is 9.74. The predicted octanol–water partition coefficient (Wildman–Crippen LogP) is 3.30. The van der Waals surface area contributed by atoms with Gasteiger partial charge < -0.3 is 4.90 Å². The number of hydrogen-bond acceptors (Lipinski definition) is 2. The largest absolute Gasteiger partial charge is 0.343 e. The number of carbonyl (C=O) groups excluding carboxylic acids is 1. The van der Waals surface area contributed by atoms with Gasteiger partial charge >= 0.3 is 0 Å². The van der Waals surface area contributed by atoms with Gasteiger partial charge in [0.1, 0.15) is 0 Å². The molecule has 0 atom stereocenters. The summed E-state index contributed by atoms with van der Waals surface area (Å²) in [5.41, 5.74) is 0. The van der Waals surface area contributed by atoms with E-state index in [1.165, 1.54) is 11.8 Å². The first-order chi connectivity index (χ1) is 7.50. The van der Waals surface area contributed by atoms with Crippen LogP contribution in [0, 0.1) is 0 Å². The molecular formula is C12H16ClNOS. The molecule has 0 spiro atoms. The normalized spacial score (nSPS) is 10.6. The van der Waals surface area contributed by atoms with Gasteiger partial charge in [0.15, 0.2) is 0 Å². The Bertz CT molecular complexity index is 351. The zero-order chi connectivity index (χ0) is 12.1. The van der Waals surface area contributed by atoms with Crippen LogP contribution in [0.25, 0.3) is 0 Å². The van der Waals surface area contributed by atoms with Gasteiger partial charge in [-0.3, -0.25) is 4.79 Å². The number of nitrogens with zero attached hydrogens (tertiary/aromatic N) is 1. The van der Waals surface area contributed by atoms with Crippen LogP contribution in [-0.4, -0.2) is 29.6 Å². The Morgan fingerprint density at radius 2 is 1.94 bits per heavy atom. The lowest BCUT2D eigenvalue weighted by molar-refractivity contribution is -0.128. The lowest BCUT2D eigenvalue weighted by Gasteiger charge is -2.21. The fraction of sp³-hybridized carbons (Fsp3) is 0.417. The Morgan fingerprint density at radius 3 is 2.44 bits per heavy atom. The minimum absolute atomic E-state index is 0.148. The number of carbonyl (C=O) groups is 1. The van der Waals surface area contributed by atoms with E-state index in [1.54, 1.807) is 4.90 Å². The third kappa shape index (κ3) is 4.06. The van der Waals surface area contributed by atoms with Crippen molar-refractivity contribution in [2.24, 2.45) is 0 Å². The Morgan fingerprint density at radius 1 is 1.38 bits per heavy atom. The molecule has 0 saturated heterocycles. The molecule has 0 aliphatic rings. The van der Waals surface area contributed by atoms with Gasteiger partial charge in [-0.1, -0.05) is 11.6 Å². The van der Waals surface area contributed by atoms with Gasteiger partial charge in [0.25, 0.3) is 0 Å². The lowest BCUT2D eigenvalue weighted by Crippen LogP contribution is -2.34. The Hall–Kier alpha value is -0.670. The minimum atomic E-state index is 0.148.